The van der Waals surface area contributed by atoms with Gasteiger partial charge in [0.05, 0.1) is 65.3 Å². The van der Waals surface area contributed by atoms with E-state index in [1.807, 2.05) is 0 Å². The zero-order valence-corrected chi connectivity index (χ0v) is 24.9. The van der Waals surface area contributed by atoms with Gasteiger partial charge in [0.2, 0.25) is 5.79 Å². The number of methoxy groups -OCH3 is 4. The van der Waals surface area contributed by atoms with E-state index in [4.69, 9.17) is 18.9 Å². The third-order valence-electron chi connectivity index (χ3n) is 6.05. The van der Waals surface area contributed by atoms with E-state index in [0.717, 1.165) is 0 Å². The van der Waals surface area contributed by atoms with Crippen molar-refractivity contribution in [2.45, 2.75) is 11.5 Å². The van der Waals surface area contributed by atoms with Crippen LogP contribution in [0, 0.1) is 0 Å². The van der Waals surface area contributed by atoms with Gasteiger partial charge in [0.1, 0.15) is 23.0 Å². The second-order valence-electron chi connectivity index (χ2n) is 8.62. The Labute approximate surface area is 247 Å². The number of ether oxygens (including phenoxy) is 4. The van der Waals surface area contributed by atoms with E-state index >= 15 is 0 Å². The zero-order chi connectivity index (χ0) is 31.1. The minimum Gasteiger partial charge on any atom is -0.496 e. The van der Waals surface area contributed by atoms with Gasteiger partial charge in [-0.05, 0) is 17.7 Å². The van der Waals surface area contributed by atoms with E-state index in [0.29, 0.717) is 33.9 Å². The molecule has 0 heterocycles. The van der Waals surface area contributed by atoms with Crippen LogP contribution in [0.1, 0.15) is 16.7 Å². The Morgan fingerprint density at radius 2 is 1.31 bits per heavy atom. The van der Waals surface area contributed by atoms with Crippen LogP contribution >= 0.6 is 0 Å². The largest absolute Gasteiger partial charge is 0.496 e. The fourth-order valence-electron chi connectivity index (χ4n) is 4.12. The van der Waals surface area contributed by atoms with Gasteiger partial charge in [-0.2, -0.15) is 0 Å². The lowest BCUT2D eigenvalue weighted by atomic mass is 10.0. The lowest BCUT2D eigenvalue weighted by molar-refractivity contribution is -0.125. The van der Waals surface area contributed by atoms with E-state index in [1.165, 1.54) is 28.4 Å². The molecule has 0 spiro atoms. The molecule has 0 bridgehead atoms. The van der Waals surface area contributed by atoms with Crippen LogP contribution in [0.25, 0.3) is 12.2 Å². The van der Waals surface area contributed by atoms with Gasteiger partial charge >= 0.3 is 0 Å². The highest BCUT2D eigenvalue weighted by Gasteiger charge is 2.38. The fraction of sp³-hybridized carbons (Fsp3) is 0.444. The number of anilines is 1. The molecule has 2 aromatic carbocycles. The third-order valence-corrected chi connectivity index (χ3v) is 6.61. The normalized spacial score (nSPS) is 12.3. The number of aliphatic hydroxyl groups is 3. The van der Waals surface area contributed by atoms with E-state index in [2.05, 4.69) is 21.3 Å². The summed E-state index contributed by atoms with van der Waals surface area (Å²) < 4.78 is 43.5. The summed E-state index contributed by atoms with van der Waals surface area (Å²) in [5.74, 6) is -1.10. The molecule has 0 fully saturated rings. The molecule has 2 rings (SSSR count). The maximum atomic E-state index is 13.9. The first-order chi connectivity index (χ1) is 20.2. The summed E-state index contributed by atoms with van der Waals surface area (Å²) in [5, 5.41) is 39.8. The molecule has 1 amide bonds. The van der Waals surface area contributed by atoms with E-state index < -0.39 is 22.8 Å². The van der Waals surface area contributed by atoms with Crippen molar-refractivity contribution >= 4 is 34.8 Å². The summed E-state index contributed by atoms with van der Waals surface area (Å²) in [6.45, 7) is -0.982. The standard InChI is InChI=1S/C27H40N4O10S/c1-38-19-15-23(40-3)21(24(16-19)41-4)7-6-20-18(17-42(36)37)5-8-22(39-2)25(20)31-26(35)27(28-9-12-32,29-10-13-33)30-11-14-34/h5-8,15-16,28-30,32-34H,9-14,17H2,1-4H3,(H,31,35)(H,36,37). The van der Waals surface area contributed by atoms with Gasteiger partial charge in [-0.3, -0.25) is 20.7 Å². The molecule has 0 radical (unpaired) electrons. The summed E-state index contributed by atoms with van der Waals surface area (Å²) in [4.78, 5) is 13.9. The molecule has 15 heteroatoms. The predicted molar refractivity (Wildman–Crippen MR) is 159 cm³/mol. The summed E-state index contributed by atoms with van der Waals surface area (Å²) in [7, 11) is 5.89. The number of rotatable bonds is 19. The van der Waals surface area contributed by atoms with Gasteiger partial charge in [-0.25, -0.2) is 4.21 Å². The van der Waals surface area contributed by atoms with Gasteiger partial charge in [-0.15, -0.1) is 0 Å². The molecule has 42 heavy (non-hydrogen) atoms. The van der Waals surface area contributed by atoms with Crippen LogP contribution in [0.2, 0.25) is 0 Å². The quantitative estimate of drug-likeness (QED) is 0.0597. The highest BCUT2D eigenvalue weighted by molar-refractivity contribution is 7.78. The number of carbonyl (C=O) groups is 1. The van der Waals surface area contributed by atoms with Crippen LogP contribution in [0.15, 0.2) is 24.3 Å². The number of amides is 1. The smallest absolute Gasteiger partial charge is 0.275 e. The zero-order valence-electron chi connectivity index (χ0n) is 24.1. The van der Waals surface area contributed by atoms with Gasteiger partial charge < -0.3 is 44.1 Å². The average Bonchev–Trinajstić information content (AvgIpc) is 2.99. The molecule has 0 aliphatic carbocycles. The van der Waals surface area contributed by atoms with Crippen LogP contribution < -0.4 is 40.2 Å². The number of hydrogen-bond acceptors (Lipinski definition) is 12. The van der Waals surface area contributed by atoms with Crippen molar-refractivity contribution in [2.24, 2.45) is 0 Å². The maximum Gasteiger partial charge on any atom is 0.275 e. The minimum atomic E-state index is -2.22. The predicted octanol–water partition coefficient (Wildman–Crippen LogP) is -0.0489. The van der Waals surface area contributed by atoms with E-state index in [9.17, 15) is 28.9 Å². The average molecular weight is 613 g/mol. The Morgan fingerprint density at radius 3 is 1.74 bits per heavy atom. The molecule has 1 unspecified atom stereocenters. The van der Waals surface area contributed by atoms with Crippen LogP contribution in [0.4, 0.5) is 5.69 Å². The number of carbonyl (C=O) groups excluding carboxylic acids is 1. The number of nitrogens with one attached hydrogen (secondary N) is 4. The Balaban J connectivity index is 2.75. The lowest BCUT2D eigenvalue weighted by Crippen LogP contribution is -2.73. The molecule has 234 valence electrons. The molecule has 1 atom stereocenters. The first-order valence-corrected chi connectivity index (χ1v) is 14.2. The highest BCUT2D eigenvalue weighted by atomic mass is 32.2. The highest BCUT2D eigenvalue weighted by Crippen LogP contribution is 2.38. The summed E-state index contributed by atoms with van der Waals surface area (Å²) in [6.07, 6.45) is 3.29. The fourth-order valence-corrected chi connectivity index (χ4v) is 4.64. The Morgan fingerprint density at radius 1 is 0.810 bits per heavy atom. The van der Waals surface area contributed by atoms with Gasteiger partial charge in [0, 0.05) is 37.3 Å². The maximum absolute atomic E-state index is 13.9. The number of benzene rings is 2. The molecule has 8 N–H and O–H groups in total. The summed E-state index contributed by atoms with van der Waals surface area (Å²) in [5.41, 5.74) is 1.46. The lowest BCUT2D eigenvalue weighted by Gasteiger charge is -2.35. The van der Waals surface area contributed by atoms with Crippen LogP contribution in [0.5, 0.6) is 23.0 Å². The van der Waals surface area contributed by atoms with Crippen molar-refractivity contribution in [2.75, 3.05) is 73.2 Å². The molecule has 2 aromatic rings. The Hall–Kier alpha value is -3.28. The number of hydrogen-bond donors (Lipinski definition) is 8. The van der Waals surface area contributed by atoms with Crippen LogP contribution in [0.3, 0.4) is 0 Å². The SMILES string of the molecule is COc1cc(OC)c(C=Cc2c(CS(=O)O)ccc(OC)c2NC(=O)C(NCCO)(NCCO)NCCO)c(OC)c1. The van der Waals surface area contributed by atoms with Crippen LogP contribution in [-0.4, -0.2) is 104 Å². The van der Waals surface area contributed by atoms with Crippen molar-refractivity contribution in [3.05, 3.63) is 41.0 Å². The van der Waals surface area contributed by atoms with Crippen LogP contribution in [-0.2, 0) is 21.6 Å². The molecular formula is C27H40N4O10S. The first kappa shape index (κ1) is 34.9. The van der Waals surface area contributed by atoms with E-state index in [-0.39, 0.29) is 56.6 Å². The van der Waals surface area contributed by atoms with Gasteiger partial charge in [0.15, 0.2) is 11.1 Å². The van der Waals surface area contributed by atoms with Crippen molar-refractivity contribution in [1.82, 2.24) is 16.0 Å². The Kier molecular flexibility index (Phi) is 14.7. The van der Waals surface area contributed by atoms with Crippen molar-refractivity contribution in [3.8, 4) is 23.0 Å². The summed E-state index contributed by atoms with van der Waals surface area (Å²) in [6, 6.07) is 6.49. The minimum absolute atomic E-state index is 0.0191. The van der Waals surface area contributed by atoms with E-state index in [1.54, 1.807) is 36.4 Å². The number of aliphatic hydroxyl groups excluding tert-OH is 3. The van der Waals surface area contributed by atoms with Gasteiger partial charge in [0.25, 0.3) is 5.91 Å². The molecular weight excluding hydrogens is 572 g/mol. The second kappa shape index (κ2) is 17.6. The first-order valence-electron chi connectivity index (χ1n) is 12.9. The molecule has 0 saturated heterocycles. The second-order valence-corrected chi connectivity index (χ2v) is 9.55. The third kappa shape index (κ3) is 9.11. The Bertz CT molecular complexity index is 1180. The summed E-state index contributed by atoms with van der Waals surface area (Å²) >= 11 is -2.22. The molecule has 0 aliphatic rings. The van der Waals surface area contributed by atoms with Crippen molar-refractivity contribution in [1.29, 1.82) is 0 Å². The van der Waals surface area contributed by atoms with Gasteiger partial charge in [-0.1, -0.05) is 12.1 Å². The van der Waals surface area contributed by atoms with Crippen molar-refractivity contribution in [3.63, 3.8) is 0 Å². The monoisotopic (exact) mass is 612 g/mol. The molecule has 0 aromatic heterocycles. The van der Waals surface area contributed by atoms with Crippen molar-refractivity contribution < 1.29 is 47.8 Å². The molecule has 14 nitrogen and oxygen atoms in total. The molecule has 0 saturated carbocycles. The molecule has 0 aliphatic heterocycles. The topological polar surface area (TPSA) is 200 Å².